The van der Waals surface area contributed by atoms with Crippen molar-refractivity contribution >= 4 is 29.3 Å². The molecular weight excluding hydrogens is 426 g/mol. The highest BCUT2D eigenvalue weighted by Crippen LogP contribution is 2.25. The summed E-state index contributed by atoms with van der Waals surface area (Å²) in [6.07, 6.45) is 8.52. The predicted molar refractivity (Wildman–Crippen MR) is 112 cm³/mol. The number of aromatic nitrogens is 6. The Hall–Kier alpha value is -2.85. The van der Waals surface area contributed by atoms with E-state index in [4.69, 9.17) is 11.6 Å². The van der Waals surface area contributed by atoms with Crippen molar-refractivity contribution in [3.63, 3.8) is 0 Å². The molecule has 4 heterocycles. The maximum Gasteiger partial charge on any atom is 0.272 e. The van der Waals surface area contributed by atoms with Crippen LogP contribution in [-0.2, 0) is 6.54 Å². The summed E-state index contributed by atoms with van der Waals surface area (Å²) in [5, 5.41) is 3.57. The second-order valence-electron chi connectivity index (χ2n) is 6.66. The van der Waals surface area contributed by atoms with Crippen LogP contribution in [0.1, 0.15) is 41.6 Å². The summed E-state index contributed by atoms with van der Waals surface area (Å²) in [6.45, 7) is 0.544. The minimum atomic E-state index is -0.460. The number of nitrogens with zero attached hydrogens (tertiary/aromatic N) is 6. The monoisotopic (exact) mass is 443 g/mol. The van der Waals surface area contributed by atoms with Gasteiger partial charge in [0.05, 0.1) is 28.6 Å². The summed E-state index contributed by atoms with van der Waals surface area (Å²) in [5.41, 5.74) is 0.906. The number of hydrogen-bond donors (Lipinski definition) is 1. The zero-order valence-corrected chi connectivity index (χ0v) is 17.7. The topological polar surface area (TPSA) is 116 Å². The van der Waals surface area contributed by atoms with E-state index < -0.39 is 11.9 Å². The Bertz CT molecular complexity index is 1140. The Morgan fingerprint density at radius 3 is 2.90 bits per heavy atom. The molecule has 4 rings (SSSR count). The zero-order valence-electron chi connectivity index (χ0n) is 16.1. The normalized spacial score (nSPS) is 15.9. The van der Waals surface area contributed by atoms with Crippen LogP contribution in [0, 0.1) is 0 Å². The number of carbonyl (C=O) groups excluding carboxylic acids is 1. The lowest BCUT2D eigenvalue weighted by Gasteiger charge is -2.19. The molecule has 1 N–H and O–H groups in total. The number of thioether (sulfide) groups is 1. The summed E-state index contributed by atoms with van der Waals surface area (Å²) in [4.78, 5) is 46.7. The predicted octanol–water partition coefficient (Wildman–Crippen LogP) is 2.52. The molecule has 0 saturated heterocycles. The molecule has 9 nitrogen and oxygen atoms in total. The van der Waals surface area contributed by atoms with Gasteiger partial charge in [-0.1, -0.05) is 23.4 Å². The van der Waals surface area contributed by atoms with Gasteiger partial charge in [-0.15, -0.1) is 0 Å². The van der Waals surface area contributed by atoms with Gasteiger partial charge in [0.15, 0.2) is 10.9 Å². The van der Waals surface area contributed by atoms with Crippen molar-refractivity contribution in [2.75, 3.05) is 6.26 Å². The SMILES string of the molecule is CSc1ncc(Cl)c(C(=O)NC2CCCCn3c2nc(-c2ccncn2)cc3=O)n1. The molecule has 1 unspecified atom stereocenters. The first-order valence-electron chi connectivity index (χ1n) is 9.32. The summed E-state index contributed by atoms with van der Waals surface area (Å²) in [7, 11) is 0. The summed E-state index contributed by atoms with van der Waals surface area (Å²) < 4.78 is 1.61. The van der Waals surface area contributed by atoms with E-state index >= 15 is 0 Å². The molecule has 1 aliphatic heterocycles. The lowest BCUT2D eigenvalue weighted by atomic mass is 10.1. The Morgan fingerprint density at radius 1 is 1.27 bits per heavy atom. The van der Waals surface area contributed by atoms with Crippen LogP contribution in [0.4, 0.5) is 0 Å². The summed E-state index contributed by atoms with van der Waals surface area (Å²) in [6, 6.07) is 2.69. The van der Waals surface area contributed by atoms with Crippen molar-refractivity contribution < 1.29 is 4.79 Å². The van der Waals surface area contributed by atoms with Gasteiger partial charge in [0, 0.05) is 18.8 Å². The molecule has 1 atom stereocenters. The molecule has 30 heavy (non-hydrogen) atoms. The minimum absolute atomic E-state index is 0.0983. The van der Waals surface area contributed by atoms with E-state index in [-0.39, 0.29) is 16.3 Å². The largest absolute Gasteiger partial charge is 0.341 e. The molecule has 1 aliphatic rings. The maximum absolute atomic E-state index is 12.9. The first-order valence-corrected chi connectivity index (χ1v) is 10.9. The number of amides is 1. The number of carbonyl (C=O) groups is 1. The molecule has 3 aromatic heterocycles. The van der Waals surface area contributed by atoms with Crippen LogP contribution in [0.15, 0.2) is 40.8 Å². The third kappa shape index (κ3) is 4.19. The van der Waals surface area contributed by atoms with Crippen LogP contribution in [0.5, 0.6) is 0 Å². The third-order valence-electron chi connectivity index (χ3n) is 4.74. The smallest absolute Gasteiger partial charge is 0.272 e. The highest BCUT2D eigenvalue weighted by Gasteiger charge is 2.26. The van der Waals surface area contributed by atoms with Gasteiger partial charge in [0.2, 0.25) is 0 Å². The fraction of sp³-hybridized carbons (Fsp3) is 0.316. The second-order valence-corrected chi connectivity index (χ2v) is 7.84. The van der Waals surface area contributed by atoms with Gasteiger partial charge in [-0.05, 0) is 31.6 Å². The summed E-state index contributed by atoms with van der Waals surface area (Å²) >= 11 is 7.47. The van der Waals surface area contributed by atoms with Gasteiger partial charge in [-0.25, -0.2) is 24.9 Å². The molecule has 0 bridgehead atoms. The standard InChI is InChI=1S/C19H18ClN7O2S/c1-30-19-22-9-11(20)16(26-19)18(29)25-13-4-2-3-7-27-15(28)8-14(24-17(13)27)12-5-6-21-10-23-12/h5-6,8-10,13H,2-4,7H2,1H3,(H,25,29). The van der Waals surface area contributed by atoms with Gasteiger partial charge < -0.3 is 5.32 Å². The second kappa shape index (κ2) is 8.88. The number of halogens is 1. The van der Waals surface area contributed by atoms with Crippen molar-refractivity contribution in [1.29, 1.82) is 0 Å². The molecule has 0 spiro atoms. The van der Waals surface area contributed by atoms with Crippen LogP contribution >= 0.6 is 23.4 Å². The lowest BCUT2D eigenvalue weighted by Crippen LogP contribution is -2.34. The zero-order chi connectivity index (χ0) is 21.1. The van der Waals surface area contributed by atoms with Crippen LogP contribution in [0.3, 0.4) is 0 Å². The molecule has 0 aromatic carbocycles. The van der Waals surface area contributed by atoms with Crippen LogP contribution < -0.4 is 10.9 Å². The molecule has 0 fully saturated rings. The van der Waals surface area contributed by atoms with Crippen molar-refractivity contribution in [2.24, 2.45) is 0 Å². The van der Waals surface area contributed by atoms with E-state index in [0.29, 0.717) is 35.3 Å². The molecule has 1 amide bonds. The average molecular weight is 444 g/mol. The van der Waals surface area contributed by atoms with E-state index in [2.05, 4.69) is 30.2 Å². The summed E-state index contributed by atoms with van der Waals surface area (Å²) in [5.74, 6) is 0.0649. The molecule has 11 heteroatoms. The quantitative estimate of drug-likeness (QED) is 0.483. The van der Waals surface area contributed by atoms with E-state index in [0.717, 1.165) is 12.8 Å². The van der Waals surface area contributed by atoms with Gasteiger partial charge in [-0.2, -0.15) is 0 Å². The van der Waals surface area contributed by atoms with E-state index in [1.807, 2.05) is 6.26 Å². The fourth-order valence-corrected chi connectivity index (χ4v) is 3.82. The van der Waals surface area contributed by atoms with Crippen molar-refractivity contribution in [1.82, 2.24) is 34.8 Å². The highest BCUT2D eigenvalue weighted by atomic mass is 35.5. The molecular formula is C19H18ClN7O2S. The first kappa shape index (κ1) is 20.4. The van der Waals surface area contributed by atoms with Gasteiger partial charge >= 0.3 is 0 Å². The lowest BCUT2D eigenvalue weighted by molar-refractivity contribution is 0.0926. The van der Waals surface area contributed by atoms with E-state index in [9.17, 15) is 9.59 Å². The number of fused-ring (bicyclic) bond motifs is 1. The van der Waals surface area contributed by atoms with E-state index in [1.54, 1.807) is 16.8 Å². The number of hydrogen-bond acceptors (Lipinski definition) is 8. The Morgan fingerprint density at radius 2 is 2.13 bits per heavy atom. The number of nitrogens with one attached hydrogen (secondary N) is 1. The Balaban J connectivity index is 1.71. The van der Waals surface area contributed by atoms with Crippen LogP contribution in [0.25, 0.3) is 11.4 Å². The average Bonchev–Trinajstić information content (AvgIpc) is 2.97. The first-order chi connectivity index (χ1) is 14.6. The number of rotatable bonds is 4. The van der Waals surface area contributed by atoms with Crippen LogP contribution in [0.2, 0.25) is 5.02 Å². The van der Waals surface area contributed by atoms with Crippen molar-refractivity contribution in [3.8, 4) is 11.4 Å². The maximum atomic E-state index is 12.9. The third-order valence-corrected chi connectivity index (χ3v) is 5.58. The van der Waals surface area contributed by atoms with Crippen molar-refractivity contribution in [3.05, 3.63) is 57.7 Å². The van der Waals surface area contributed by atoms with Gasteiger partial charge in [0.25, 0.3) is 11.5 Å². The highest BCUT2D eigenvalue weighted by molar-refractivity contribution is 7.98. The fourth-order valence-electron chi connectivity index (χ4n) is 3.31. The van der Waals surface area contributed by atoms with Gasteiger partial charge in [0.1, 0.15) is 12.2 Å². The molecule has 0 saturated carbocycles. The van der Waals surface area contributed by atoms with Crippen molar-refractivity contribution in [2.45, 2.75) is 37.0 Å². The minimum Gasteiger partial charge on any atom is -0.341 e. The Kier molecular flexibility index (Phi) is 6.05. The Labute approximate surface area is 181 Å². The van der Waals surface area contributed by atoms with E-state index in [1.165, 1.54) is 30.4 Å². The van der Waals surface area contributed by atoms with Crippen LogP contribution in [-0.4, -0.2) is 41.6 Å². The molecule has 0 aliphatic carbocycles. The van der Waals surface area contributed by atoms with Gasteiger partial charge in [-0.3, -0.25) is 14.2 Å². The molecule has 154 valence electrons. The molecule has 3 aromatic rings. The molecule has 0 radical (unpaired) electrons.